The molecule has 1 aromatic rings. The molecule has 0 spiro atoms. The first kappa shape index (κ1) is 17.3. The van der Waals surface area contributed by atoms with E-state index < -0.39 is 16.3 Å². The molecule has 1 atom stereocenters. The van der Waals surface area contributed by atoms with Crippen molar-refractivity contribution in [2.45, 2.75) is 39.3 Å². The van der Waals surface area contributed by atoms with E-state index in [2.05, 4.69) is 18.6 Å². The summed E-state index contributed by atoms with van der Waals surface area (Å²) < 4.78 is 27.2. The van der Waals surface area contributed by atoms with Gasteiger partial charge in [0.25, 0.3) is 10.2 Å². The van der Waals surface area contributed by atoms with E-state index in [-0.39, 0.29) is 18.9 Å². The highest BCUT2D eigenvalue weighted by Crippen LogP contribution is 2.23. The van der Waals surface area contributed by atoms with Gasteiger partial charge in [-0.2, -0.15) is 17.4 Å². The number of rotatable bonds is 7. The van der Waals surface area contributed by atoms with Crippen LogP contribution in [0, 0.1) is 5.92 Å². The highest BCUT2D eigenvalue weighted by atomic mass is 32.2. The van der Waals surface area contributed by atoms with Crippen molar-refractivity contribution in [3.05, 3.63) is 21.9 Å². The van der Waals surface area contributed by atoms with Crippen LogP contribution in [0.2, 0.25) is 0 Å². The van der Waals surface area contributed by atoms with E-state index in [1.165, 1.54) is 15.6 Å². The van der Waals surface area contributed by atoms with Gasteiger partial charge in [-0.1, -0.05) is 13.8 Å². The summed E-state index contributed by atoms with van der Waals surface area (Å²) in [6, 6.07) is 2.82. The van der Waals surface area contributed by atoms with Crippen molar-refractivity contribution in [2.24, 2.45) is 5.92 Å². The van der Waals surface area contributed by atoms with Gasteiger partial charge in [0.2, 0.25) is 0 Å². The van der Waals surface area contributed by atoms with E-state index >= 15 is 0 Å². The lowest BCUT2D eigenvalue weighted by atomic mass is 10.1. The van der Waals surface area contributed by atoms with Gasteiger partial charge in [-0.05, 0) is 24.5 Å². The van der Waals surface area contributed by atoms with E-state index in [0.717, 1.165) is 11.3 Å². The van der Waals surface area contributed by atoms with Crippen LogP contribution in [0.25, 0.3) is 0 Å². The molecule has 2 rings (SSSR count). The Bertz CT molecular complexity index is 652. The fourth-order valence-electron chi connectivity index (χ4n) is 2.17. The first-order valence-corrected chi connectivity index (χ1v) is 9.42. The number of thiophene rings is 1. The fourth-order valence-corrected chi connectivity index (χ4v) is 4.57. The third-order valence-corrected chi connectivity index (χ3v) is 6.09. The fraction of sp³-hybridized carbons (Fsp3) is 0.571. The maximum atomic E-state index is 12.0. The first-order valence-electron chi connectivity index (χ1n) is 7.16. The number of aldehydes is 1. The van der Waals surface area contributed by atoms with Crippen LogP contribution < -0.4 is 4.72 Å². The van der Waals surface area contributed by atoms with Crippen LogP contribution >= 0.6 is 11.3 Å². The van der Waals surface area contributed by atoms with Crippen LogP contribution in [0.3, 0.4) is 0 Å². The Labute approximate surface area is 134 Å². The molecule has 1 N–H and O–H groups in total. The zero-order valence-electron chi connectivity index (χ0n) is 12.6. The second-order valence-corrected chi connectivity index (χ2v) is 8.65. The monoisotopic (exact) mass is 344 g/mol. The van der Waals surface area contributed by atoms with Gasteiger partial charge in [0.1, 0.15) is 6.29 Å². The molecule has 1 aliphatic rings. The van der Waals surface area contributed by atoms with Crippen LogP contribution in [-0.2, 0) is 21.5 Å². The van der Waals surface area contributed by atoms with Crippen LogP contribution in [0.4, 0.5) is 0 Å². The summed E-state index contributed by atoms with van der Waals surface area (Å²) in [5.74, 6) is 0.572. The minimum Gasteiger partial charge on any atom is -0.302 e. The Morgan fingerprint density at radius 1 is 1.50 bits per heavy atom. The second-order valence-electron chi connectivity index (χ2n) is 5.78. The largest absolute Gasteiger partial charge is 0.302 e. The molecular formula is C14H20N2O4S2. The minimum absolute atomic E-state index is 0.0955. The summed E-state index contributed by atoms with van der Waals surface area (Å²) in [6.45, 7) is 4.45. The van der Waals surface area contributed by atoms with Crippen molar-refractivity contribution < 1.29 is 18.0 Å². The Morgan fingerprint density at radius 3 is 2.82 bits per heavy atom. The second kappa shape index (κ2) is 6.99. The molecule has 0 amide bonds. The number of hydrogen-bond donors (Lipinski definition) is 1. The maximum Gasteiger partial charge on any atom is 0.280 e. The Balaban J connectivity index is 2.00. The van der Waals surface area contributed by atoms with E-state index in [9.17, 15) is 18.0 Å². The van der Waals surface area contributed by atoms with E-state index in [0.29, 0.717) is 23.5 Å². The third-order valence-electron chi connectivity index (χ3n) is 3.42. The highest BCUT2D eigenvalue weighted by molar-refractivity contribution is 7.87. The van der Waals surface area contributed by atoms with E-state index in [4.69, 9.17) is 0 Å². The quantitative estimate of drug-likeness (QED) is 0.601. The SMILES string of the molecule is CC(C)CCC(=O)c1ccc(CN2CC(C=O)NS2(=O)=O)s1. The zero-order chi connectivity index (χ0) is 16.3. The van der Waals surface area contributed by atoms with Gasteiger partial charge in [-0.25, -0.2) is 0 Å². The molecule has 0 bridgehead atoms. The Kier molecular flexibility index (Phi) is 5.49. The molecule has 2 heterocycles. The lowest BCUT2D eigenvalue weighted by molar-refractivity contribution is -0.109. The number of hydrogen-bond acceptors (Lipinski definition) is 5. The van der Waals surface area contributed by atoms with Crippen LogP contribution in [0.1, 0.15) is 41.2 Å². The number of ketones is 1. The van der Waals surface area contributed by atoms with Gasteiger partial charge < -0.3 is 4.79 Å². The van der Waals surface area contributed by atoms with Gasteiger partial charge in [0.15, 0.2) is 5.78 Å². The summed E-state index contributed by atoms with van der Waals surface area (Å²) in [4.78, 5) is 24.2. The molecule has 1 aromatic heterocycles. The summed E-state index contributed by atoms with van der Waals surface area (Å²) in [5.41, 5.74) is 0. The molecule has 6 nitrogen and oxygen atoms in total. The summed E-state index contributed by atoms with van der Waals surface area (Å²) in [5, 5.41) is 0. The maximum absolute atomic E-state index is 12.0. The number of Topliss-reactive ketones (excluding diaryl/α,β-unsaturated/α-hetero) is 1. The number of nitrogens with one attached hydrogen (secondary N) is 1. The smallest absolute Gasteiger partial charge is 0.280 e. The van der Waals surface area contributed by atoms with Gasteiger partial charge in [-0.3, -0.25) is 4.79 Å². The van der Waals surface area contributed by atoms with Crippen molar-refractivity contribution >= 4 is 33.6 Å². The topological polar surface area (TPSA) is 83.6 Å². The average molecular weight is 344 g/mol. The normalized spacial score (nSPS) is 21.3. The molecule has 1 aliphatic heterocycles. The van der Waals surface area contributed by atoms with Crippen LogP contribution in [0.5, 0.6) is 0 Å². The molecule has 1 fully saturated rings. The van der Waals surface area contributed by atoms with E-state index in [1.807, 2.05) is 0 Å². The van der Waals surface area contributed by atoms with Crippen molar-refractivity contribution in [3.8, 4) is 0 Å². The molecule has 1 saturated heterocycles. The van der Waals surface area contributed by atoms with Crippen LogP contribution in [-0.4, -0.2) is 37.4 Å². The van der Waals surface area contributed by atoms with Gasteiger partial charge in [0.05, 0.1) is 10.9 Å². The number of carbonyl (C=O) groups excluding carboxylic acids is 2. The molecule has 0 radical (unpaired) electrons. The van der Waals surface area contributed by atoms with Crippen molar-refractivity contribution in [1.29, 1.82) is 0 Å². The van der Waals surface area contributed by atoms with Gasteiger partial charge >= 0.3 is 0 Å². The summed E-state index contributed by atoms with van der Waals surface area (Å²) >= 11 is 1.32. The number of carbonyl (C=O) groups is 2. The predicted molar refractivity (Wildman–Crippen MR) is 85.0 cm³/mol. The molecule has 0 saturated carbocycles. The molecule has 0 aromatic carbocycles. The van der Waals surface area contributed by atoms with E-state index in [1.54, 1.807) is 12.1 Å². The lowest BCUT2D eigenvalue weighted by Gasteiger charge is -2.11. The van der Waals surface area contributed by atoms with Crippen molar-refractivity contribution in [3.63, 3.8) is 0 Å². The molecule has 0 aliphatic carbocycles. The third kappa shape index (κ3) is 4.22. The Morgan fingerprint density at radius 2 is 2.23 bits per heavy atom. The molecular weight excluding hydrogens is 324 g/mol. The Hall–Kier alpha value is -1.09. The van der Waals surface area contributed by atoms with Crippen LogP contribution in [0.15, 0.2) is 12.1 Å². The summed E-state index contributed by atoms with van der Waals surface area (Å²) in [6.07, 6.45) is 1.94. The van der Waals surface area contributed by atoms with Crippen molar-refractivity contribution in [2.75, 3.05) is 6.54 Å². The van der Waals surface area contributed by atoms with Gasteiger partial charge in [-0.15, -0.1) is 11.3 Å². The minimum atomic E-state index is -3.61. The van der Waals surface area contributed by atoms with Gasteiger partial charge in [0, 0.05) is 24.4 Å². The summed E-state index contributed by atoms with van der Waals surface area (Å²) in [7, 11) is -3.61. The average Bonchev–Trinajstić information content (AvgIpc) is 3.01. The first-order chi connectivity index (χ1) is 10.3. The molecule has 122 valence electrons. The number of nitrogens with zero attached hydrogens (tertiary/aromatic N) is 1. The lowest BCUT2D eigenvalue weighted by Crippen LogP contribution is -2.30. The standard InChI is InChI=1S/C14H20N2O4S2/c1-10(2)3-5-13(18)14-6-4-12(21-14)8-16-7-11(9-17)15-22(16,19)20/h4,6,9-11,15H,3,5,7-8H2,1-2H3. The van der Waals surface area contributed by atoms with Crippen molar-refractivity contribution in [1.82, 2.24) is 9.03 Å². The zero-order valence-corrected chi connectivity index (χ0v) is 14.2. The predicted octanol–water partition coefficient (Wildman–Crippen LogP) is 1.58. The molecule has 8 heteroatoms. The highest BCUT2D eigenvalue weighted by Gasteiger charge is 2.35. The molecule has 22 heavy (non-hydrogen) atoms. The molecule has 1 unspecified atom stereocenters.